The number of aromatic nitrogens is 1. The van der Waals surface area contributed by atoms with Gasteiger partial charge in [-0.05, 0) is 43.4 Å². The summed E-state index contributed by atoms with van der Waals surface area (Å²) in [5.74, 6) is 0.109. The SMILES string of the molecule is Cc1ccc2c3c4n(c2c1)C(=O)CN=C4CCC3. The molecule has 0 saturated carbocycles. The second-order valence-corrected chi connectivity index (χ2v) is 5.19. The highest BCUT2D eigenvalue weighted by molar-refractivity contribution is 6.14. The predicted molar refractivity (Wildman–Crippen MR) is 71.6 cm³/mol. The van der Waals surface area contributed by atoms with Crippen molar-refractivity contribution in [1.82, 2.24) is 4.57 Å². The van der Waals surface area contributed by atoms with Crippen molar-refractivity contribution in [2.75, 3.05) is 6.54 Å². The number of fused-ring (bicyclic) bond motifs is 3. The normalized spacial score (nSPS) is 17.8. The lowest BCUT2D eigenvalue weighted by Crippen LogP contribution is -2.28. The van der Waals surface area contributed by atoms with Gasteiger partial charge in [0.25, 0.3) is 5.91 Å². The van der Waals surface area contributed by atoms with E-state index in [0.717, 1.165) is 36.2 Å². The van der Waals surface area contributed by atoms with Crippen molar-refractivity contribution >= 4 is 22.5 Å². The lowest BCUT2D eigenvalue weighted by atomic mass is 9.93. The molecule has 0 saturated heterocycles. The monoisotopic (exact) mass is 238 g/mol. The zero-order valence-electron chi connectivity index (χ0n) is 10.4. The van der Waals surface area contributed by atoms with E-state index in [2.05, 4.69) is 30.1 Å². The molecule has 1 aliphatic carbocycles. The summed E-state index contributed by atoms with van der Waals surface area (Å²) in [4.78, 5) is 16.6. The Bertz CT molecular complexity index is 722. The number of aryl methyl sites for hydroxylation is 2. The zero-order chi connectivity index (χ0) is 12.3. The minimum atomic E-state index is 0.109. The van der Waals surface area contributed by atoms with E-state index in [1.807, 2.05) is 4.57 Å². The summed E-state index contributed by atoms with van der Waals surface area (Å²) in [6.07, 6.45) is 3.22. The standard InChI is InChI=1S/C15H14N2O/c1-9-5-6-10-11-3-2-4-12-15(11)17(13(10)7-9)14(18)8-16-12/h5-7H,2-4,8H2,1H3. The summed E-state index contributed by atoms with van der Waals surface area (Å²) >= 11 is 0. The first kappa shape index (κ1) is 10.1. The number of benzene rings is 1. The van der Waals surface area contributed by atoms with Crippen molar-refractivity contribution in [3.05, 3.63) is 35.0 Å². The Hall–Kier alpha value is -1.90. The molecule has 1 aliphatic heterocycles. The lowest BCUT2D eigenvalue weighted by Gasteiger charge is -2.20. The Labute approximate surface area is 105 Å². The van der Waals surface area contributed by atoms with Crippen molar-refractivity contribution in [3.8, 4) is 0 Å². The van der Waals surface area contributed by atoms with Crippen LogP contribution in [-0.2, 0) is 6.42 Å². The quantitative estimate of drug-likeness (QED) is 0.695. The molecule has 3 heteroatoms. The topological polar surface area (TPSA) is 34.4 Å². The third-order valence-electron chi connectivity index (χ3n) is 4.00. The molecule has 0 atom stereocenters. The molecule has 4 rings (SSSR count). The minimum absolute atomic E-state index is 0.109. The van der Waals surface area contributed by atoms with Gasteiger partial charge in [-0.25, -0.2) is 0 Å². The third-order valence-corrected chi connectivity index (χ3v) is 4.00. The summed E-state index contributed by atoms with van der Waals surface area (Å²) in [6.45, 7) is 2.38. The highest BCUT2D eigenvalue weighted by Crippen LogP contribution is 2.34. The number of carbonyl (C=O) groups excluding carboxylic acids is 1. The van der Waals surface area contributed by atoms with E-state index in [-0.39, 0.29) is 5.91 Å². The molecule has 1 aromatic heterocycles. The lowest BCUT2D eigenvalue weighted by molar-refractivity contribution is 0.0925. The van der Waals surface area contributed by atoms with E-state index in [0.29, 0.717) is 6.54 Å². The summed E-state index contributed by atoms with van der Waals surface area (Å²) < 4.78 is 1.90. The molecular weight excluding hydrogens is 224 g/mol. The molecule has 3 nitrogen and oxygen atoms in total. The van der Waals surface area contributed by atoms with E-state index in [4.69, 9.17) is 0 Å². The van der Waals surface area contributed by atoms with Crippen LogP contribution < -0.4 is 0 Å². The molecule has 18 heavy (non-hydrogen) atoms. The van der Waals surface area contributed by atoms with Gasteiger partial charge in [0.05, 0.1) is 16.9 Å². The van der Waals surface area contributed by atoms with Gasteiger partial charge in [-0.15, -0.1) is 0 Å². The van der Waals surface area contributed by atoms with E-state index in [1.165, 1.54) is 16.5 Å². The molecule has 0 N–H and O–H groups in total. The molecule has 0 bridgehead atoms. The number of nitrogens with zero attached hydrogens (tertiary/aromatic N) is 2. The second-order valence-electron chi connectivity index (χ2n) is 5.19. The van der Waals surface area contributed by atoms with Crippen LogP contribution in [0.5, 0.6) is 0 Å². The average molecular weight is 238 g/mol. The predicted octanol–water partition coefficient (Wildman–Crippen LogP) is 2.73. The molecule has 0 unspecified atom stereocenters. The zero-order valence-corrected chi connectivity index (χ0v) is 10.4. The fourth-order valence-electron chi connectivity index (χ4n) is 3.22. The summed E-state index contributed by atoms with van der Waals surface area (Å²) in [6, 6.07) is 6.40. The fourth-order valence-corrected chi connectivity index (χ4v) is 3.22. The van der Waals surface area contributed by atoms with Crippen molar-refractivity contribution in [1.29, 1.82) is 0 Å². The van der Waals surface area contributed by atoms with E-state index in [1.54, 1.807) is 0 Å². The largest absolute Gasteiger partial charge is 0.278 e. The van der Waals surface area contributed by atoms with Crippen LogP contribution in [0.25, 0.3) is 10.9 Å². The molecule has 0 fully saturated rings. The van der Waals surface area contributed by atoms with Crippen LogP contribution in [0.1, 0.15) is 34.5 Å². The van der Waals surface area contributed by atoms with Gasteiger partial charge in [0.2, 0.25) is 0 Å². The van der Waals surface area contributed by atoms with Crippen LogP contribution in [0.15, 0.2) is 23.2 Å². The molecule has 1 aromatic carbocycles. The molecule has 2 heterocycles. The molecule has 0 amide bonds. The third kappa shape index (κ3) is 1.14. The van der Waals surface area contributed by atoms with Gasteiger partial charge >= 0.3 is 0 Å². The van der Waals surface area contributed by atoms with Crippen molar-refractivity contribution < 1.29 is 4.79 Å². The Morgan fingerprint density at radius 1 is 1.28 bits per heavy atom. The second kappa shape index (κ2) is 3.31. The Morgan fingerprint density at radius 2 is 2.17 bits per heavy atom. The van der Waals surface area contributed by atoms with E-state index >= 15 is 0 Å². The van der Waals surface area contributed by atoms with Crippen LogP contribution in [0.2, 0.25) is 0 Å². The van der Waals surface area contributed by atoms with Gasteiger partial charge in [-0.3, -0.25) is 14.4 Å². The Morgan fingerprint density at radius 3 is 3.06 bits per heavy atom. The van der Waals surface area contributed by atoms with Gasteiger partial charge in [0, 0.05) is 5.39 Å². The van der Waals surface area contributed by atoms with Crippen LogP contribution >= 0.6 is 0 Å². The van der Waals surface area contributed by atoms with Gasteiger partial charge in [-0.2, -0.15) is 0 Å². The smallest absolute Gasteiger partial charge is 0.253 e. The minimum Gasteiger partial charge on any atom is -0.278 e. The molecule has 90 valence electrons. The van der Waals surface area contributed by atoms with Gasteiger partial charge in [-0.1, -0.05) is 12.1 Å². The number of hydrogen-bond acceptors (Lipinski definition) is 2. The summed E-state index contributed by atoms with van der Waals surface area (Å²) in [5.41, 5.74) is 5.82. The van der Waals surface area contributed by atoms with Crippen molar-refractivity contribution in [3.63, 3.8) is 0 Å². The van der Waals surface area contributed by atoms with Crippen molar-refractivity contribution in [2.24, 2.45) is 4.99 Å². The summed E-state index contributed by atoms with van der Waals surface area (Å²) in [5, 5.41) is 1.23. The molecule has 0 radical (unpaired) electrons. The summed E-state index contributed by atoms with van der Waals surface area (Å²) in [7, 11) is 0. The van der Waals surface area contributed by atoms with Crippen LogP contribution in [0.3, 0.4) is 0 Å². The Kier molecular flexibility index (Phi) is 1.85. The first-order valence-electron chi connectivity index (χ1n) is 6.46. The maximum atomic E-state index is 12.2. The van der Waals surface area contributed by atoms with Crippen LogP contribution in [0, 0.1) is 6.92 Å². The van der Waals surface area contributed by atoms with Crippen LogP contribution in [0.4, 0.5) is 0 Å². The van der Waals surface area contributed by atoms with Gasteiger partial charge < -0.3 is 0 Å². The number of hydrogen-bond donors (Lipinski definition) is 0. The van der Waals surface area contributed by atoms with E-state index in [9.17, 15) is 4.79 Å². The molecular formula is C15H14N2O. The highest BCUT2D eigenvalue weighted by Gasteiger charge is 2.29. The van der Waals surface area contributed by atoms with E-state index < -0.39 is 0 Å². The number of rotatable bonds is 0. The van der Waals surface area contributed by atoms with Crippen LogP contribution in [-0.4, -0.2) is 22.7 Å². The maximum Gasteiger partial charge on any atom is 0.253 e. The highest BCUT2D eigenvalue weighted by atomic mass is 16.2. The Balaban J connectivity index is 2.20. The molecule has 0 spiro atoms. The molecule has 2 aromatic rings. The first-order chi connectivity index (χ1) is 8.75. The van der Waals surface area contributed by atoms with Crippen molar-refractivity contribution in [2.45, 2.75) is 26.2 Å². The average Bonchev–Trinajstić information content (AvgIpc) is 2.70. The van der Waals surface area contributed by atoms with Gasteiger partial charge in [0.15, 0.2) is 0 Å². The number of aliphatic imine (C=N–C) groups is 1. The first-order valence-corrected chi connectivity index (χ1v) is 6.46. The number of carbonyl (C=O) groups is 1. The fraction of sp³-hybridized carbons (Fsp3) is 0.333. The maximum absolute atomic E-state index is 12.2. The molecule has 2 aliphatic rings. The van der Waals surface area contributed by atoms with Gasteiger partial charge in [0.1, 0.15) is 6.54 Å².